The number of carbonyl (C=O) groups is 3. The Bertz CT molecular complexity index is 531. The summed E-state index contributed by atoms with van der Waals surface area (Å²) in [6.07, 6.45) is 0. The third-order valence-corrected chi connectivity index (χ3v) is 2.87. The fraction of sp³-hybridized carbons (Fsp3) is 0.400. The minimum absolute atomic E-state index is 0.0882. The Morgan fingerprint density at radius 2 is 1.77 bits per heavy atom. The Hall–Kier alpha value is -2.57. The van der Waals surface area contributed by atoms with Crippen molar-refractivity contribution in [1.29, 1.82) is 0 Å². The highest BCUT2D eigenvalue weighted by molar-refractivity contribution is 5.96. The topological polar surface area (TPSA) is 102 Å². The lowest BCUT2D eigenvalue weighted by Crippen LogP contribution is -2.44. The number of anilines is 1. The van der Waals surface area contributed by atoms with Crippen LogP contribution >= 0.6 is 0 Å². The van der Waals surface area contributed by atoms with Gasteiger partial charge in [0, 0.05) is 11.7 Å². The molecule has 0 aromatic heterocycles. The van der Waals surface area contributed by atoms with Gasteiger partial charge in [-0.1, -0.05) is 18.2 Å². The largest absolute Gasteiger partial charge is 0.454 e. The summed E-state index contributed by atoms with van der Waals surface area (Å²) in [4.78, 5) is 36.1. The second-order valence-corrected chi connectivity index (χ2v) is 5.03. The molecule has 1 rings (SSSR count). The van der Waals surface area contributed by atoms with Crippen LogP contribution < -0.4 is 16.0 Å². The van der Waals surface area contributed by atoms with E-state index in [4.69, 9.17) is 10.5 Å². The molecule has 0 saturated carbocycles. The zero-order chi connectivity index (χ0) is 16.7. The molecule has 0 unspecified atom stereocenters. The van der Waals surface area contributed by atoms with E-state index in [1.165, 1.54) is 6.92 Å². The number of nitrogens with zero attached hydrogens (tertiary/aromatic N) is 1. The van der Waals surface area contributed by atoms with Gasteiger partial charge in [0.1, 0.15) is 6.04 Å². The van der Waals surface area contributed by atoms with Gasteiger partial charge in [-0.25, -0.2) is 9.59 Å². The minimum atomic E-state index is -0.908. The summed E-state index contributed by atoms with van der Waals surface area (Å²) >= 11 is 0. The maximum atomic E-state index is 12.3. The van der Waals surface area contributed by atoms with E-state index in [1.54, 1.807) is 17.0 Å². The molecule has 0 radical (unpaired) electrons. The van der Waals surface area contributed by atoms with Gasteiger partial charge in [-0.3, -0.25) is 4.79 Å². The number of hydrogen-bond donors (Lipinski definition) is 2. The number of hydrogen-bond acceptors (Lipinski definition) is 4. The molecule has 0 aliphatic heterocycles. The molecule has 3 N–H and O–H groups in total. The monoisotopic (exact) mass is 307 g/mol. The van der Waals surface area contributed by atoms with E-state index < -0.39 is 24.6 Å². The Morgan fingerprint density at radius 1 is 1.18 bits per heavy atom. The summed E-state index contributed by atoms with van der Waals surface area (Å²) < 4.78 is 4.92. The molecule has 0 spiro atoms. The number of nitrogens with two attached hydrogens (primary N) is 1. The Labute approximate surface area is 129 Å². The quantitative estimate of drug-likeness (QED) is 0.766. The second kappa shape index (κ2) is 8.02. The van der Waals surface area contributed by atoms with E-state index in [0.717, 1.165) is 5.69 Å². The first-order chi connectivity index (χ1) is 10.3. The highest BCUT2D eigenvalue weighted by Crippen LogP contribution is 2.16. The molecule has 1 aromatic carbocycles. The van der Waals surface area contributed by atoms with E-state index in [-0.39, 0.29) is 11.9 Å². The first-order valence-electron chi connectivity index (χ1n) is 6.92. The van der Waals surface area contributed by atoms with Crippen LogP contribution in [-0.2, 0) is 14.3 Å². The average molecular weight is 307 g/mol. The van der Waals surface area contributed by atoms with E-state index in [2.05, 4.69) is 5.32 Å². The number of primary amides is 1. The van der Waals surface area contributed by atoms with Gasteiger partial charge in [-0.15, -0.1) is 0 Å². The smallest absolute Gasteiger partial charge is 0.328 e. The SMILES string of the molecule is CC(C)N(C(=O)COC(=O)[C@@H](C)NC(N)=O)c1ccccc1. The third-order valence-electron chi connectivity index (χ3n) is 2.87. The number of benzene rings is 1. The van der Waals surface area contributed by atoms with E-state index >= 15 is 0 Å². The lowest BCUT2D eigenvalue weighted by Gasteiger charge is -2.26. The molecule has 3 amide bonds. The number of urea groups is 1. The summed E-state index contributed by atoms with van der Waals surface area (Å²) in [7, 11) is 0. The molecule has 0 aliphatic rings. The molecular weight excluding hydrogens is 286 g/mol. The van der Waals surface area contributed by atoms with Crippen molar-refractivity contribution in [2.75, 3.05) is 11.5 Å². The van der Waals surface area contributed by atoms with Gasteiger partial charge in [0.15, 0.2) is 6.61 Å². The third kappa shape index (κ3) is 5.08. The molecule has 0 heterocycles. The van der Waals surface area contributed by atoms with Crippen molar-refractivity contribution < 1.29 is 19.1 Å². The molecule has 22 heavy (non-hydrogen) atoms. The predicted octanol–water partition coefficient (Wildman–Crippen LogP) is 1.03. The Balaban J connectivity index is 2.66. The highest BCUT2D eigenvalue weighted by Gasteiger charge is 2.22. The van der Waals surface area contributed by atoms with Gasteiger partial charge in [0.05, 0.1) is 0 Å². The Kier molecular flexibility index (Phi) is 6.37. The van der Waals surface area contributed by atoms with Gasteiger partial charge in [0.2, 0.25) is 0 Å². The molecule has 7 heteroatoms. The minimum Gasteiger partial charge on any atom is -0.454 e. The molecule has 120 valence electrons. The second-order valence-electron chi connectivity index (χ2n) is 5.03. The summed E-state index contributed by atoms with van der Waals surface area (Å²) in [5, 5.41) is 2.19. The number of para-hydroxylation sites is 1. The predicted molar refractivity (Wildman–Crippen MR) is 82.2 cm³/mol. The standard InChI is InChI=1S/C15H21N3O4/c1-10(2)18(12-7-5-4-6-8-12)13(19)9-22-14(20)11(3)17-15(16)21/h4-8,10-11H,9H2,1-3H3,(H3,16,17,21)/t11-/m1/s1. The van der Waals surface area contributed by atoms with Gasteiger partial charge >= 0.3 is 12.0 Å². The number of amides is 3. The number of carbonyl (C=O) groups excluding carboxylic acids is 3. The van der Waals surface area contributed by atoms with Crippen LogP contribution in [0.25, 0.3) is 0 Å². The van der Waals surface area contributed by atoms with Crippen molar-refractivity contribution in [2.24, 2.45) is 5.73 Å². The van der Waals surface area contributed by atoms with Gasteiger partial charge in [-0.2, -0.15) is 0 Å². The van der Waals surface area contributed by atoms with Crippen molar-refractivity contribution in [3.8, 4) is 0 Å². The first-order valence-corrected chi connectivity index (χ1v) is 6.92. The van der Waals surface area contributed by atoms with Crippen LogP contribution in [0.15, 0.2) is 30.3 Å². The zero-order valence-corrected chi connectivity index (χ0v) is 12.9. The molecule has 1 aromatic rings. The van der Waals surface area contributed by atoms with E-state index in [9.17, 15) is 14.4 Å². The van der Waals surface area contributed by atoms with Crippen LogP contribution in [0.2, 0.25) is 0 Å². The zero-order valence-electron chi connectivity index (χ0n) is 12.9. The van der Waals surface area contributed by atoms with Crippen molar-refractivity contribution in [3.63, 3.8) is 0 Å². The normalized spacial score (nSPS) is 11.6. The van der Waals surface area contributed by atoms with Crippen molar-refractivity contribution in [1.82, 2.24) is 5.32 Å². The summed E-state index contributed by atoms with van der Waals surface area (Å²) in [5.74, 6) is -1.07. The summed E-state index contributed by atoms with van der Waals surface area (Å²) in [5.41, 5.74) is 5.64. The molecule has 7 nitrogen and oxygen atoms in total. The maximum absolute atomic E-state index is 12.3. The maximum Gasteiger partial charge on any atom is 0.328 e. The fourth-order valence-corrected chi connectivity index (χ4v) is 1.92. The highest BCUT2D eigenvalue weighted by atomic mass is 16.5. The summed E-state index contributed by atoms with van der Waals surface area (Å²) in [6.45, 7) is 4.75. The first kappa shape index (κ1) is 17.5. The number of ether oxygens (including phenoxy) is 1. The average Bonchev–Trinajstić information content (AvgIpc) is 2.44. The molecule has 0 bridgehead atoms. The lowest BCUT2D eigenvalue weighted by atomic mass is 10.2. The number of rotatable bonds is 6. The van der Waals surface area contributed by atoms with Crippen LogP contribution in [-0.4, -0.2) is 36.6 Å². The molecular formula is C15H21N3O4. The van der Waals surface area contributed by atoms with E-state index in [0.29, 0.717) is 0 Å². The Morgan fingerprint density at radius 3 is 2.27 bits per heavy atom. The van der Waals surface area contributed by atoms with Crippen LogP contribution in [0, 0.1) is 0 Å². The van der Waals surface area contributed by atoms with Gasteiger partial charge < -0.3 is 20.7 Å². The lowest BCUT2D eigenvalue weighted by molar-refractivity contribution is -0.149. The van der Waals surface area contributed by atoms with Crippen LogP contribution in [0.3, 0.4) is 0 Å². The van der Waals surface area contributed by atoms with Crippen LogP contribution in [0.1, 0.15) is 20.8 Å². The fourth-order valence-electron chi connectivity index (χ4n) is 1.92. The molecule has 0 saturated heterocycles. The number of nitrogens with one attached hydrogen (secondary N) is 1. The van der Waals surface area contributed by atoms with Gasteiger partial charge in [-0.05, 0) is 32.9 Å². The summed E-state index contributed by atoms with van der Waals surface area (Å²) in [6, 6.07) is 7.27. The molecule has 0 fully saturated rings. The number of esters is 1. The van der Waals surface area contributed by atoms with Crippen molar-refractivity contribution in [3.05, 3.63) is 30.3 Å². The van der Waals surface area contributed by atoms with Crippen LogP contribution in [0.5, 0.6) is 0 Å². The van der Waals surface area contributed by atoms with Gasteiger partial charge in [0.25, 0.3) is 5.91 Å². The molecule has 0 aliphatic carbocycles. The molecule has 1 atom stereocenters. The van der Waals surface area contributed by atoms with Crippen molar-refractivity contribution in [2.45, 2.75) is 32.9 Å². The van der Waals surface area contributed by atoms with Crippen molar-refractivity contribution >= 4 is 23.6 Å². The van der Waals surface area contributed by atoms with Crippen LogP contribution in [0.4, 0.5) is 10.5 Å². The van der Waals surface area contributed by atoms with E-state index in [1.807, 2.05) is 32.0 Å².